The highest BCUT2D eigenvalue weighted by molar-refractivity contribution is 7.80. The molecule has 17 heavy (non-hydrogen) atoms. The Morgan fingerprint density at radius 1 is 1.47 bits per heavy atom. The molecule has 0 bridgehead atoms. The van der Waals surface area contributed by atoms with E-state index in [1.54, 1.807) is 0 Å². The van der Waals surface area contributed by atoms with Crippen LogP contribution in [0.15, 0.2) is 18.2 Å². The fourth-order valence-electron chi connectivity index (χ4n) is 1.89. The lowest BCUT2D eigenvalue weighted by molar-refractivity contribution is 0.671. The highest BCUT2D eigenvalue weighted by Crippen LogP contribution is 2.29. The van der Waals surface area contributed by atoms with Crippen LogP contribution >= 0.6 is 23.8 Å². The van der Waals surface area contributed by atoms with Crippen LogP contribution in [0.3, 0.4) is 0 Å². The number of halogens is 1. The topological polar surface area (TPSA) is 29.3 Å². The second-order valence-electron chi connectivity index (χ2n) is 4.29. The summed E-state index contributed by atoms with van der Waals surface area (Å²) < 4.78 is 0. The molecule has 0 amide bonds. The predicted octanol–water partition coefficient (Wildman–Crippen LogP) is 3.60. The Labute approximate surface area is 114 Å². The maximum Gasteiger partial charge on any atom is 0.107 e. The number of benzene rings is 1. The largest absolute Gasteiger partial charge is 0.389 e. The summed E-state index contributed by atoms with van der Waals surface area (Å²) >= 11 is 11.3. The minimum atomic E-state index is 0.354. The molecule has 0 radical (unpaired) electrons. The number of hydrogen-bond acceptors (Lipinski definition) is 2. The summed E-state index contributed by atoms with van der Waals surface area (Å²) in [5.74, 6) is 0. The maximum absolute atomic E-state index is 6.18. The average Bonchev–Trinajstić information content (AvgIpc) is 2.24. The summed E-state index contributed by atoms with van der Waals surface area (Å²) in [4.78, 5) is 2.63. The second-order valence-corrected chi connectivity index (χ2v) is 5.13. The van der Waals surface area contributed by atoms with Gasteiger partial charge in [-0.25, -0.2) is 0 Å². The number of rotatable bonds is 5. The summed E-state index contributed by atoms with van der Waals surface area (Å²) in [6, 6.07) is 6.17. The zero-order valence-electron chi connectivity index (χ0n) is 10.5. The van der Waals surface area contributed by atoms with Crippen LogP contribution in [0.4, 0.5) is 5.69 Å². The van der Waals surface area contributed by atoms with E-state index in [9.17, 15) is 0 Å². The standard InChI is InChI=1S/C13H19ClN2S/c1-4-8-16(9(2)3)11-7-5-6-10(14)12(11)13(15)17/h5-7,9H,4,8H2,1-3H3,(H2,15,17). The van der Waals surface area contributed by atoms with Crippen molar-refractivity contribution in [2.45, 2.75) is 33.2 Å². The van der Waals surface area contributed by atoms with Gasteiger partial charge in [0.1, 0.15) is 4.99 Å². The lowest BCUT2D eigenvalue weighted by Crippen LogP contribution is -2.33. The van der Waals surface area contributed by atoms with Gasteiger partial charge in [0.2, 0.25) is 0 Å². The number of thiocarbonyl (C=S) groups is 1. The normalized spacial score (nSPS) is 10.6. The van der Waals surface area contributed by atoms with Gasteiger partial charge in [-0.05, 0) is 32.4 Å². The lowest BCUT2D eigenvalue weighted by atomic mass is 10.1. The molecular formula is C13H19ClN2S. The fourth-order valence-corrected chi connectivity index (χ4v) is 2.44. The van der Waals surface area contributed by atoms with Crippen molar-refractivity contribution >= 4 is 34.5 Å². The molecule has 0 aliphatic heterocycles. The van der Waals surface area contributed by atoms with Crippen molar-refractivity contribution in [2.75, 3.05) is 11.4 Å². The number of nitrogens with two attached hydrogens (primary N) is 1. The van der Waals surface area contributed by atoms with Gasteiger partial charge in [0.15, 0.2) is 0 Å². The quantitative estimate of drug-likeness (QED) is 0.829. The van der Waals surface area contributed by atoms with Crippen molar-refractivity contribution in [3.63, 3.8) is 0 Å². The Bertz CT molecular complexity index is 404. The summed E-state index contributed by atoms with van der Waals surface area (Å²) in [5, 5.41) is 0.622. The lowest BCUT2D eigenvalue weighted by Gasteiger charge is -2.30. The van der Waals surface area contributed by atoms with Crippen LogP contribution in [-0.4, -0.2) is 17.6 Å². The molecule has 1 rings (SSSR count). The Morgan fingerprint density at radius 3 is 2.59 bits per heavy atom. The summed E-state index contributed by atoms with van der Waals surface area (Å²) in [5.41, 5.74) is 7.58. The molecule has 1 aromatic rings. The third-order valence-corrected chi connectivity index (χ3v) is 3.15. The van der Waals surface area contributed by atoms with E-state index in [2.05, 4.69) is 25.7 Å². The van der Waals surface area contributed by atoms with E-state index in [-0.39, 0.29) is 0 Å². The van der Waals surface area contributed by atoms with E-state index in [0.29, 0.717) is 16.1 Å². The highest BCUT2D eigenvalue weighted by Gasteiger charge is 2.17. The van der Waals surface area contributed by atoms with Crippen LogP contribution in [0, 0.1) is 0 Å². The molecular weight excluding hydrogens is 252 g/mol. The first-order chi connectivity index (χ1) is 7.99. The number of anilines is 1. The Morgan fingerprint density at radius 2 is 2.12 bits per heavy atom. The Hall–Kier alpha value is -0.800. The van der Waals surface area contributed by atoms with Crippen molar-refractivity contribution in [3.8, 4) is 0 Å². The van der Waals surface area contributed by atoms with E-state index in [1.165, 1.54) is 0 Å². The van der Waals surface area contributed by atoms with E-state index in [4.69, 9.17) is 29.6 Å². The summed E-state index contributed by atoms with van der Waals surface area (Å²) in [6.45, 7) is 7.42. The first kappa shape index (κ1) is 14.3. The molecule has 0 saturated heterocycles. The van der Waals surface area contributed by atoms with Crippen LogP contribution in [0.5, 0.6) is 0 Å². The zero-order valence-corrected chi connectivity index (χ0v) is 12.1. The summed E-state index contributed by atoms with van der Waals surface area (Å²) in [6.07, 6.45) is 1.07. The molecule has 4 heteroatoms. The fraction of sp³-hybridized carbons (Fsp3) is 0.462. The van der Waals surface area contributed by atoms with Crippen LogP contribution in [-0.2, 0) is 0 Å². The Kier molecular flexibility index (Phi) is 5.22. The van der Waals surface area contributed by atoms with E-state index >= 15 is 0 Å². The molecule has 0 aliphatic rings. The number of nitrogens with zero attached hydrogens (tertiary/aromatic N) is 1. The minimum absolute atomic E-state index is 0.354. The van der Waals surface area contributed by atoms with Crippen LogP contribution in [0.2, 0.25) is 5.02 Å². The van der Waals surface area contributed by atoms with E-state index in [0.717, 1.165) is 24.2 Å². The van der Waals surface area contributed by atoms with Crippen molar-refractivity contribution in [2.24, 2.45) is 5.73 Å². The molecule has 0 spiro atoms. The average molecular weight is 271 g/mol. The smallest absolute Gasteiger partial charge is 0.107 e. The number of hydrogen-bond donors (Lipinski definition) is 1. The first-order valence-electron chi connectivity index (χ1n) is 5.84. The van der Waals surface area contributed by atoms with Crippen LogP contribution < -0.4 is 10.6 Å². The van der Waals surface area contributed by atoms with Gasteiger partial charge in [-0.2, -0.15) is 0 Å². The monoisotopic (exact) mass is 270 g/mol. The molecule has 0 saturated carbocycles. The highest BCUT2D eigenvalue weighted by atomic mass is 35.5. The molecule has 0 heterocycles. The first-order valence-corrected chi connectivity index (χ1v) is 6.62. The third-order valence-electron chi connectivity index (χ3n) is 2.64. The predicted molar refractivity (Wildman–Crippen MR) is 80.1 cm³/mol. The van der Waals surface area contributed by atoms with Crippen molar-refractivity contribution in [3.05, 3.63) is 28.8 Å². The second kappa shape index (κ2) is 6.22. The molecule has 0 aromatic heterocycles. The molecule has 0 unspecified atom stereocenters. The van der Waals surface area contributed by atoms with Gasteiger partial charge in [0.05, 0.1) is 10.6 Å². The molecule has 0 fully saturated rings. The van der Waals surface area contributed by atoms with Gasteiger partial charge in [-0.1, -0.05) is 36.8 Å². The van der Waals surface area contributed by atoms with Crippen molar-refractivity contribution in [1.29, 1.82) is 0 Å². The zero-order chi connectivity index (χ0) is 13.0. The van der Waals surface area contributed by atoms with Crippen LogP contribution in [0.25, 0.3) is 0 Å². The molecule has 0 atom stereocenters. The molecule has 94 valence electrons. The molecule has 2 nitrogen and oxygen atoms in total. The summed E-state index contributed by atoms with van der Waals surface area (Å²) in [7, 11) is 0. The maximum atomic E-state index is 6.18. The van der Waals surface area contributed by atoms with Crippen molar-refractivity contribution in [1.82, 2.24) is 0 Å². The Balaban J connectivity index is 3.27. The van der Waals surface area contributed by atoms with Gasteiger partial charge in [0, 0.05) is 18.3 Å². The van der Waals surface area contributed by atoms with Gasteiger partial charge < -0.3 is 10.6 Å². The molecule has 1 aromatic carbocycles. The third kappa shape index (κ3) is 3.33. The van der Waals surface area contributed by atoms with E-state index < -0.39 is 0 Å². The SMILES string of the molecule is CCCN(c1cccc(Cl)c1C(N)=S)C(C)C. The van der Waals surface area contributed by atoms with Crippen LogP contribution in [0.1, 0.15) is 32.8 Å². The van der Waals surface area contributed by atoms with Gasteiger partial charge in [-0.3, -0.25) is 0 Å². The van der Waals surface area contributed by atoms with E-state index in [1.807, 2.05) is 18.2 Å². The minimum Gasteiger partial charge on any atom is -0.389 e. The van der Waals surface area contributed by atoms with Gasteiger partial charge in [-0.15, -0.1) is 0 Å². The van der Waals surface area contributed by atoms with Crippen molar-refractivity contribution < 1.29 is 0 Å². The molecule has 2 N–H and O–H groups in total. The molecule has 0 aliphatic carbocycles. The van der Waals surface area contributed by atoms with Gasteiger partial charge >= 0.3 is 0 Å². The van der Waals surface area contributed by atoms with Gasteiger partial charge in [0.25, 0.3) is 0 Å².